The van der Waals surface area contributed by atoms with Gasteiger partial charge < -0.3 is 14.2 Å². The summed E-state index contributed by atoms with van der Waals surface area (Å²) < 4.78 is 72.9. The molecular formula is C47H48F2N8O7S. The number of carbonyl (C=O) groups excluding carboxylic acids is 1. The molecule has 1 amide bonds. The number of nitrogens with zero attached hydrogens (tertiary/aromatic N) is 7. The third-order valence-corrected chi connectivity index (χ3v) is 15.9. The van der Waals surface area contributed by atoms with E-state index in [1.54, 1.807) is 35.6 Å². The molecule has 65 heavy (non-hydrogen) atoms. The second kappa shape index (κ2) is 15.6. The molecule has 2 fully saturated rings. The Morgan fingerprint density at radius 3 is 2.37 bits per heavy atom. The Kier molecular flexibility index (Phi) is 10.2. The number of hydrogen-bond donors (Lipinski definition) is 1. The number of sulfone groups is 1. The fourth-order valence-corrected chi connectivity index (χ4v) is 11.0. The molecule has 1 aliphatic carbocycles. The van der Waals surface area contributed by atoms with Crippen molar-refractivity contribution in [1.29, 1.82) is 0 Å². The molecule has 18 heteroatoms. The number of halogens is 2. The number of aromatic nitrogens is 7. The molecule has 1 saturated carbocycles. The molecule has 4 aromatic heterocycles. The van der Waals surface area contributed by atoms with E-state index < -0.39 is 43.9 Å². The number of imidazole rings is 1. The van der Waals surface area contributed by atoms with Gasteiger partial charge in [0.05, 0.1) is 28.4 Å². The van der Waals surface area contributed by atoms with Gasteiger partial charge in [-0.3, -0.25) is 23.4 Å². The Bertz CT molecular complexity index is 3270. The van der Waals surface area contributed by atoms with E-state index in [1.807, 2.05) is 23.6 Å². The van der Waals surface area contributed by atoms with E-state index in [0.29, 0.717) is 83.8 Å². The van der Waals surface area contributed by atoms with E-state index in [2.05, 4.69) is 22.3 Å². The van der Waals surface area contributed by atoms with Gasteiger partial charge >= 0.3 is 11.4 Å². The van der Waals surface area contributed by atoms with Crippen LogP contribution >= 0.6 is 0 Å². The van der Waals surface area contributed by atoms with Crippen LogP contribution < -0.4 is 11.4 Å². The van der Waals surface area contributed by atoms with Crippen molar-refractivity contribution >= 4 is 26.6 Å². The smallest absolute Gasteiger partial charge is 0.381 e. The van der Waals surface area contributed by atoms with Crippen molar-refractivity contribution in [3.05, 3.63) is 145 Å². The maximum absolute atomic E-state index is 16.0. The number of hydrogen-bond acceptors (Lipinski definition) is 9. The summed E-state index contributed by atoms with van der Waals surface area (Å²) in [4.78, 5) is 46.8. The number of carbonyl (C=O) groups is 1. The molecule has 0 radical (unpaired) electrons. The second-order valence-electron chi connectivity index (χ2n) is 17.6. The summed E-state index contributed by atoms with van der Waals surface area (Å²) in [6.45, 7) is 9.82. The zero-order valence-corrected chi connectivity index (χ0v) is 37.4. The summed E-state index contributed by atoms with van der Waals surface area (Å²) >= 11 is 0. The maximum Gasteiger partial charge on any atom is 0.438 e. The van der Waals surface area contributed by atoms with Crippen LogP contribution in [0, 0.1) is 25.5 Å². The average Bonchev–Trinajstić information content (AvgIpc) is 3.58. The number of benzene rings is 3. The molecule has 338 valence electrons. The van der Waals surface area contributed by atoms with Crippen molar-refractivity contribution in [2.45, 2.75) is 89.5 Å². The van der Waals surface area contributed by atoms with Gasteiger partial charge in [0.15, 0.2) is 15.7 Å². The molecule has 2 atom stereocenters. The minimum Gasteiger partial charge on any atom is -0.381 e. The van der Waals surface area contributed by atoms with Crippen molar-refractivity contribution in [3.63, 3.8) is 0 Å². The van der Waals surface area contributed by atoms with Gasteiger partial charge in [0.1, 0.15) is 28.7 Å². The fourth-order valence-electron chi connectivity index (χ4n) is 9.94. The molecule has 2 aliphatic heterocycles. The van der Waals surface area contributed by atoms with E-state index in [0.717, 1.165) is 39.9 Å². The first kappa shape index (κ1) is 42.5. The first-order chi connectivity index (χ1) is 31.1. The SMILES string of the molecule is CCS(=O)(=O)C(C)c1ccc(-n2ccn(-c3c4c(nn3-c3cc(C)c(F)c(C)c3)CCN(C(=O)c3cc5cc(C6CCOCC6)ccc5n3C3(c5noc(=O)[nH]5)CC3)C4C)c2=O)c(F)c1. The van der Waals surface area contributed by atoms with Gasteiger partial charge in [0, 0.05) is 60.8 Å². The summed E-state index contributed by atoms with van der Waals surface area (Å²) in [5.41, 5.74) is 3.45. The predicted octanol–water partition coefficient (Wildman–Crippen LogP) is 7.03. The van der Waals surface area contributed by atoms with Crippen molar-refractivity contribution in [2.75, 3.05) is 25.5 Å². The van der Waals surface area contributed by atoms with E-state index in [9.17, 15) is 18.0 Å². The number of rotatable bonds is 10. The lowest BCUT2D eigenvalue weighted by Gasteiger charge is -2.34. The number of aryl methyl sites for hydroxylation is 2. The lowest BCUT2D eigenvalue weighted by molar-refractivity contribution is 0.0664. The van der Waals surface area contributed by atoms with Crippen LogP contribution in [0.3, 0.4) is 0 Å². The van der Waals surface area contributed by atoms with Crippen LogP contribution in [-0.4, -0.2) is 78.4 Å². The van der Waals surface area contributed by atoms with Crippen LogP contribution in [-0.2, 0) is 26.5 Å². The first-order valence-corrected chi connectivity index (χ1v) is 23.6. The monoisotopic (exact) mass is 906 g/mol. The van der Waals surface area contributed by atoms with Crippen LogP contribution in [0.5, 0.6) is 0 Å². The number of ether oxygens (including phenoxy) is 1. The summed E-state index contributed by atoms with van der Waals surface area (Å²) in [7, 11) is -3.52. The molecule has 6 heterocycles. The number of amides is 1. The zero-order chi connectivity index (χ0) is 45.7. The molecule has 3 aliphatic rings. The van der Waals surface area contributed by atoms with Crippen LogP contribution in [0.4, 0.5) is 8.78 Å². The summed E-state index contributed by atoms with van der Waals surface area (Å²) in [5, 5.41) is 9.03. The van der Waals surface area contributed by atoms with Gasteiger partial charge in [-0.1, -0.05) is 24.2 Å². The molecule has 0 spiro atoms. The highest BCUT2D eigenvalue weighted by Crippen LogP contribution is 2.51. The number of H-pyrrole nitrogens is 1. The highest BCUT2D eigenvalue weighted by molar-refractivity contribution is 7.91. The van der Waals surface area contributed by atoms with Crippen molar-refractivity contribution in [3.8, 4) is 17.2 Å². The second-order valence-corrected chi connectivity index (χ2v) is 20.2. The van der Waals surface area contributed by atoms with Gasteiger partial charge in [-0.05, 0) is 124 Å². The third kappa shape index (κ3) is 6.90. The molecule has 1 N–H and O–H groups in total. The molecule has 1 saturated heterocycles. The Labute approximate surface area is 372 Å². The molecule has 2 unspecified atom stereocenters. The van der Waals surface area contributed by atoms with E-state index in [-0.39, 0.29) is 35.3 Å². The lowest BCUT2D eigenvalue weighted by atomic mass is 9.91. The predicted molar refractivity (Wildman–Crippen MR) is 237 cm³/mol. The lowest BCUT2D eigenvalue weighted by Crippen LogP contribution is -2.41. The Balaban J connectivity index is 1.10. The molecule has 15 nitrogen and oxygen atoms in total. The van der Waals surface area contributed by atoms with Crippen LogP contribution in [0.25, 0.3) is 28.1 Å². The summed E-state index contributed by atoms with van der Waals surface area (Å²) in [5.74, 6) is -1.32. The Hall–Kier alpha value is -6.40. The molecular weight excluding hydrogens is 859 g/mol. The summed E-state index contributed by atoms with van der Waals surface area (Å²) in [6.07, 6.45) is 6.22. The minimum absolute atomic E-state index is 0.0906. The largest absolute Gasteiger partial charge is 0.438 e. The van der Waals surface area contributed by atoms with Gasteiger partial charge in [-0.15, -0.1) is 0 Å². The highest BCUT2D eigenvalue weighted by atomic mass is 32.2. The van der Waals surface area contributed by atoms with E-state index in [1.165, 1.54) is 42.9 Å². The van der Waals surface area contributed by atoms with Crippen LogP contribution in [0.2, 0.25) is 0 Å². The molecule has 10 rings (SSSR count). The third-order valence-electron chi connectivity index (χ3n) is 13.8. The van der Waals surface area contributed by atoms with Crippen molar-refractivity contribution in [1.82, 2.24) is 38.5 Å². The van der Waals surface area contributed by atoms with Crippen molar-refractivity contribution < 1.29 is 31.3 Å². The zero-order valence-electron chi connectivity index (χ0n) is 36.6. The van der Waals surface area contributed by atoms with E-state index >= 15 is 13.6 Å². The highest BCUT2D eigenvalue weighted by Gasteiger charge is 2.52. The van der Waals surface area contributed by atoms with Gasteiger partial charge in [0.2, 0.25) is 0 Å². The van der Waals surface area contributed by atoms with E-state index in [4.69, 9.17) is 14.4 Å². The van der Waals surface area contributed by atoms with Gasteiger partial charge in [-0.2, -0.15) is 5.10 Å². The maximum atomic E-state index is 16.0. The molecule has 7 aromatic rings. The summed E-state index contributed by atoms with van der Waals surface area (Å²) in [6, 6.07) is 14.8. The molecule has 0 bridgehead atoms. The quantitative estimate of drug-likeness (QED) is 0.151. The van der Waals surface area contributed by atoms with Crippen LogP contribution in [0.1, 0.15) is 113 Å². The standard InChI is InChI=1S/C47H48F2N8O7S/c1-6-65(61,62)29(5)31-7-10-38(35(48)24-31)54-17-18-55(46(54)60)42-40-28(4)53(16-11-36(40)51-57(42)34-21-26(2)41(49)27(3)22-34)43(58)39-25-33-23-32(30-12-19-63-20-13-30)8-9-37(33)56(39)47(14-15-47)44-50-45(59)64-52-44/h7-10,17-18,21-25,28-30H,6,11-16,19-20H2,1-5H3,(H,50,52,59). The van der Waals surface area contributed by atoms with Gasteiger partial charge in [0.25, 0.3) is 5.91 Å². The van der Waals surface area contributed by atoms with Crippen LogP contribution in [0.15, 0.2) is 81.1 Å². The normalized spacial score (nSPS) is 18.0. The van der Waals surface area contributed by atoms with Gasteiger partial charge in [-0.25, -0.2) is 31.5 Å². The minimum atomic E-state index is -3.52. The Morgan fingerprint density at radius 2 is 1.71 bits per heavy atom. The Morgan fingerprint density at radius 1 is 0.985 bits per heavy atom. The van der Waals surface area contributed by atoms with Crippen molar-refractivity contribution in [2.24, 2.45) is 0 Å². The molecule has 3 aromatic carbocycles. The first-order valence-electron chi connectivity index (χ1n) is 21.9. The topological polar surface area (TPSA) is 172 Å². The average molecular weight is 907 g/mol. The number of aromatic amines is 1. The number of nitrogens with one attached hydrogen (secondary N) is 1. The fraction of sp³-hybridized carbons (Fsp3) is 0.383. The number of fused-ring (bicyclic) bond motifs is 2.